The van der Waals surface area contributed by atoms with E-state index < -0.39 is 10.4 Å². The van der Waals surface area contributed by atoms with Crippen molar-refractivity contribution in [2.45, 2.75) is 90.4 Å². The highest BCUT2D eigenvalue weighted by molar-refractivity contribution is 7.81. The van der Waals surface area contributed by atoms with Gasteiger partial charge in [0.15, 0.2) is 0 Å². The summed E-state index contributed by atoms with van der Waals surface area (Å²) >= 11 is 0. The summed E-state index contributed by atoms with van der Waals surface area (Å²) < 4.78 is 32.9. The molecule has 0 aliphatic rings. The Morgan fingerprint density at radius 1 is 0.710 bits per heavy atom. The first-order chi connectivity index (χ1) is 14.9. The molecule has 0 heterocycles. The van der Waals surface area contributed by atoms with E-state index in [-0.39, 0.29) is 19.8 Å². The van der Waals surface area contributed by atoms with Crippen LogP contribution in [-0.4, -0.2) is 72.6 Å². The van der Waals surface area contributed by atoms with Crippen LogP contribution in [-0.2, 0) is 14.6 Å². The van der Waals surface area contributed by atoms with Crippen LogP contribution in [0.3, 0.4) is 0 Å². The summed E-state index contributed by atoms with van der Waals surface area (Å²) in [5, 5.41) is 25.5. The lowest BCUT2D eigenvalue weighted by Crippen LogP contribution is -2.32. The Balaban J connectivity index is 0. The van der Waals surface area contributed by atoms with E-state index in [9.17, 15) is 8.42 Å². The molecular weight excluding hydrogens is 422 g/mol. The summed E-state index contributed by atoms with van der Waals surface area (Å²) in [6.07, 6.45) is 19.1. The lowest BCUT2D eigenvalue weighted by Gasteiger charge is -2.17. The van der Waals surface area contributed by atoms with E-state index in [0.717, 1.165) is 25.5 Å². The van der Waals surface area contributed by atoms with Crippen molar-refractivity contribution in [3.8, 4) is 0 Å². The smallest absolute Gasteiger partial charge is 0.395 e. The second kappa shape index (κ2) is 25.5. The van der Waals surface area contributed by atoms with Crippen molar-refractivity contribution in [3.63, 3.8) is 0 Å². The van der Waals surface area contributed by atoms with Crippen LogP contribution in [0.15, 0.2) is 12.3 Å². The van der Waals surface area contributed by atoms with Gasteiger partial charge in [0.2, 0.25) is 0 Å². The van der Waals surface area contributed by atoms with Gasteiger partial charge in [-0.3, -0.25) is 9.45 Å². The van der Waals surface area contributed by atoms with Crippen LogP contribution in [0.4, 0.5) is 0 Å². The molecule has 0 amide bonds. The van der Waals surface area contributed by atoms with Crippen molar-refractivity contribution in [2.24, 2.45) is 0 Å². The largest absolute Gasteiger partial charge is 0.445 e. The summed E-state index contributed by atoms with van der Waals surface area (Å²) in [4.78, 5) is 1.79. The summed E-state index contributed by atoms with van der Waals surface area (Å²) in [5.74, 6) is 0. The van der Waals surface area contributed by atoms with Gasteiger partial charge in [-0.15, -0.1) is 0 Å². The highest BCUT2D eigenvalue weighted by atomic mass is 32.3. The van der Waals surface area contributed by atoms with Crippen LogP contribution in [0, 0.1) is 0 Å². The van der Waals surface area contributed by atoms with E-state index in [4.69, 9.17) is 19.9 Å². The molecule has 0 radical (unpaired) electrons. The maximum absolute atomic E-state index is 10.2. The third-order valence-electron chi connectivity index (χ3n) is 4.75. The Kier molecular flexibility index (Phi) is 26.8. The maximum atomic E-state index is 10.2. The first-order valence-electron chi connectivity index (χ1n) is 11.8. The zero-order chi connectivity index (χ0) is 23.6. The number of aliphatic hydroxyl groups is 3. The normalized spacial score (nSPS) is 11.7. The SMILES string of the molecule is CCCCCCCCCCCCCC/C=C/OS(=O)(=O)O.OCCN(CCO)CCO. The Morgan fingerprint density at radius 2 is 1.10 bits per heavy atom. The van der Waals surface area contributed by atoms with Crippen LogP contribution in [0.1, 0.15) is 90.4 Å². The van der Waals surface area contributed by atoms with Crippen LogP contribution >= 0.6 is 0 Å². The molecule has 31 heavy (non-hydrogen) atoms. The van der Waals surface area contributed by atoms with E-state index in [1.54, 1.807) is 11.0 Å². The molecule has 0 aromatic carbocycles. The fourth-order valence-corrected chi connectivity index (χ4v) is 3.26. The number of unbranched alkanes of at least 4 members (excludes halogenated alkanes) is 12. The molecule has 0 fully saturated rings. The van der Waals surface area contributed by atoms with Crippen LogP contribution in [0.25, 0.3) is 0 Å². The van der Waals surface area contributed by atoms with Gasteiger partial charge in [0.05, 0.1) is 19.8 Å². The standard InChI is InChI=1S/C16H32O4S.C6H15NO3/c1-2-3-4-5-6-7-8-9-10-11-12-13-14-15-16-20-21(17,18)19;8-4-1-7(2-5-9)3-6-10/h15-16H,2-14H2,1H3,(H,17,18,19);8-10H,1-6H2/b16-15+;. The first-order valence-corrected chi connectivity index (χ1v) is 13.1. The summed E-state index contributed by atoms with van der Waals surface area (Å²) in [6, 6.07) is 0. The van der Waals surface area contributed by atoms with Crippen molar-refractivity contribution < 1.29 is 32.5 Å². The number of allylic oxidation sites excluding steroid dienone is 1. The minimum Gasteiger partial charge on any atom is -0.395 e. The summed E-state index contributed by atoms with van der Waals surface area (Å²) in [7, 11) is -4.33. The van der Waals surface area contributed by atoms with Gasteiger partial charge in [-0.25, -0.2) is 0 Å². The van der Waals surface area contributed by atoms with Crippen molar-refractivity contribution >= 4 is 10.4 Å². The molecule has 0 aromatic heterocycles. The van der Waals surface area contributed by atoms with E-state index >= 15 is 0 Å². The molecule has 0 aliphatic heterocycles. The average molecular weight is 470 g/mol. The second-order valence-electron chi connectivity index (χ2n) is 7.59. The zero-order valence-corrected chi connectivity index (χ0v) is 20.3. The maximum Gasteiger partial charge on any atom is 0.445 e. The quantitative estimate of drug-likeness (QED) is 0.114. The van der Waals surface area contributed by atoms with Gasteiger partial charge in [-0.2, -0.15) is 8.42 Å². The average Bonchev–Trinajstić information content (AvgIpc) is 2.71. The molecule has 0 aromatic rings. The first kappa shape index (κ1) is 32.5. The Labute approximate surface area is 190 Å². The molecule has 0 rings (SSSR count). The fourth-order valence-electron chi connectivity index (χ4n) is 3.04. The molecule has 0 saturated heterocycles. The van der Waals surface area contributed by atoms with Crippen LogP contribution in [0.2, 0.25) is 0 Å². The minimum atomic E-state index is -4.33. The van der Waals surface area contributed by atoms with Gasteiger partial charge in [0.25, 0.3) is 0 Å². The van der Waals surface area contributed by atoms with Crippen molar-refractivity contribution in [2.75, 3.05) is 39.5 Å². The molecule has 0 aliphatic carbocycles. The third-order valence-corrected chi connectivity index (χ3v) is 5.10. The Morgan fingerprint density at radius 3 is 1.45 bits per heavy atom. The number of hydrogen-bond donors (Lipinski definition) is 4. The molecule has 0 atom stereocenters. The summed E-state index contributed by atoms with van der Waals surface area (Å²) in [6.45, 7) is 4.00. The predicted octanol–water partition coefficient (Wildman–Crippen LogP) is 3.68. The Hall–Kier alpha value is -0.710. The fraction of sp³-hybridized carbons (Fsp3) is 0.909. The van der Waals surface area contributed by atoms with E-state index in [1.165, 1.54) is 64.2 Å². The molecular formula is C22H47NO7S. The molecule has 0 bridgehead atoms. The van der Waals surface area contributed by atoms with Gasteiger partial charge in [0, 0.05) is 19.6 Å². The molecule has 0 unspecified atom stereocenters. The number of aliphatic hydroxyl groups excluding tert-OH is 3. The van der Waals surface area contributed by atoms with Crippen LogP contribution < -0.4 is 0 Å². The highest BCUT2D eigenvalue weighted by Crippen LogP contribution is 2.12. The molecule has 4 N–H and O–H groups in total. The lowest BCUT2D eigenvalue weighted by molar-refractivity contribution is 0.136. The van der Waals surface area contributed by atoms with E-state index in [1.807, 2.05) is 0 Å². The van der Waals surface area contributed by atoms with E-state index in [2.05, 4.69) is 11.1 Å². The second-order valence-corrected chi connectivity index (χ2v) is 8.63. The molecule has 0 saturated carbocycles. The third kappa shape index (κ3) is 31.6. The van der Waals surface area contributed by atoms with Gasteiger partial charge in [0.1, 0.15) is 6.26 Å². The number of nitrogens with zero attached hydrogens (tertiary/aromatic N) is 1. The minimum absolute atomic E-state index is 0.0694. The van der Waals surface area contributed by atoms with Gasteiger partial charge in [-0.1, -0.05) is 77.6 Å². The summed E-state index contributed by atoms with van der Waals surface area (Å²) in [5.41, 5.74) is 0. The zero-order valence-electron chi connectivity index (χ0n) is 19.5. The van der Waals surface area contributed by atoms with Crippen LogP contribution in [0.5, 0.6) is 0 Å². The molecule has 9 heteroatoms. The highest BCUT2D eigenvalue weighted by Gasteiger charge is 2.00. The van der Waals surface area contributed by atoms with Gasteiger partial charge < -0.3 is 19.5 Å². The van der Waals surface area contributed by atoms with Gasteiger partial charge in [-0.05, 0) is 18.9 Å². The predicted molar refractivity (Wildman–Crippen MR) is 125 cm³/mol. The molecule has 188 valence electrons. The van der Waals surface area contributed by atoms with Gasteiger partial charge >= 0.3 is 10.4 Å². The van der Waals surface area contributed by atoms with Crippen molar-refractivity contribution in [1.82, 2.24) is 4.90 Å². The number of rotatable bonds is 21. The lowest BCUT2D eigenvalue weighted by atomic mass is 10.0. The molecule has 8 nitrogen and oxygen atoms in total. The Bertz CT molecular complexity index is 458. The molecule has 0 spiro atoms. The monoisotopic (exact) mass is 469 g/mol. The van der Waals surface area contributed by atoms with Crippen molar-refractivity contribution in [3.05, 3.63) is 12.3 Å². The topological polar surface area (TPSA) is 128 Å². The van der Waals surface area contributed by atoms with E-state index in [0.29, 0.717) is 19.6 Å². The number of hydrogen-bond acceptors (Lipinski definition) is 7. The van der Waals surface area contributed by atoms with Crippen molar-refractivity contribution in [1.29, 1.82) is 0 Å².